The van der Waals surface area contributed by atoms with Gasteiger partial charge in [0.1, 0.15) is 18.4 Å². The third-order valence-corrected chi connectivity index (χ3v) is 5.29. The average molecular weight is 388 g/mol. The molecule has 1 aliphatic heterocycles. The number of fused-ring (bicyclic) bond motifs is 1. The van der Waals surface area contributed by atoms with Crippen LogP contribution in [0.2, 0.25) is 0 Å². The van der Waals surface area contributed by atoms with E-state index in [1.54, 1.807) is 0 Å². The van der Waals surface area contributed by atoms with Crippen LogP contribution >= 0.6 is 0 Å². The zero-order chi connectivity index (χ0) is 19.9. The van der Waals surface area contributed by atoms with Crippen LogP contribution in [0.1, 0.15) is 41.3 Å². The Morgan fingerprint density at radius 2 is 1.75 bits per heavy atom. The molecule has 0 spiro atoms. The van der Waals surface area contributed by atoms with Gasteiger partial charge in [-0.3, -0.25) is 9.36 Å². The standard InChI is InChI=1S/C20H19F3N4O/c21-20(22,23)12-27-17(15-5-6-15)25-18(16(11-24)19(27)28)26-9-7-13-3-1-2-4-14(13)8-10-26/h1-4,15H,5-10,12H2. The molecule has 1 aromatic heterocycles. The monoisotopic (exact) mass is 388 g/mol. The summed E-state index contributed by atoms with van der Waals surface area (Å²) < 4.78 is 39.6. The van der Waals surface area contributed by atoms with Gasteiger partial charge in [0.2, 0.25) is 0 Å². The smallest absolute Gasteiger partial charge is 0.355 e. The number of anilines is 1. The van der Waals surface area contributed by atoms with E-state index in [1.165, 1.54) is 11.1 Å². The third kappa shape index (κ3) is 3.61. The maximum absolute atomic E-state index is 13.0. The van der Waals surface area contributed by atoms with Gasteiger partial charge in [0, 0.05) is 19.0 Å². The highest BCUT2D eigenvalue weighted by molar-refractivity contribution is 5.54. The van der Waals surface area contributed by atoms with E-state index in [1.807, 2.05) is 23.1 Å². The molecule has 0 atom stereocenters. The molecule has 0 unspecified atom stereocenters. The summed E-state index contributed by atoms with van der Waals surface area (Å²) in [5.41, 5.74) is 1.21. The van der Waals surface area contributed by atoms with Crippen molar-refractivity contribution in [2.24, 2.45) is 0 Å². The molecule has 2 aromatic rings. The van der Waals surface area contributed by atoms with E-state index >= 15 is 0 Å². The van der Waals surface area contributed by atoms with Crippen molar-refractivity contribution in [2.75, 3.05) is 18.0 Å². The molecule has 0 bridgehead atoms. The number of halogens is 3. The van der Waals surface area contributed by atoms with Gasteiger partial charge >= 0.3 is 6.18 Å². The van der Waals surface area contributed by atoms with Crippen LogP contribution in [0, 0.1) is 11.3 Å². The Morgan fingerprint density at radius 3 is 2.25 bits per heavy atom. The molecular weight excluding hydrogens is 369 g/mol. The molecule has 28 heavy (non-hydrogen) atoms. The van der Waals surface area contributed by atoms with Crippen molar-refractivity contribution in [3.8, 4) is 6.07 Å². The lowest BCUT2D eigenvalue weighted by Gasteiger charge is -2.24. The number of hydrogen-bond donors (Lipinski definition) is 0. The molecule has 0 radical (unpaired) electrons. The van der Waals surface area contributed by atoms with Crippen LogP contribution in [-0.4, -0.2) is 28.8 Å². The van der Waals surface area contributed by atoms with E-state index in [0.29, 0.717) is 30.5 Å². The average Bonchev–Trinajstić information content (AvgIpc) is 3.49. The third-order valence-electron chi connectivity index (χ3n) is 5.29. The lowest BCUT2D eigenvalue weighted by molar-refractivity contribution is -0.141. The molecule has 1 aliphatic carbocycles. The Bertz CT molecular complexity index is 975. The van der Waals surface area contributed by atoms with Crippen LogP contribution in [-0.2, 0) is 19.4 Å². The van der Waals surface area contributed by atoms with Gasteiger partial charge in [-0.2, -0.15) is 18.4 Å². The number of hydrogen-bond acceptors (Lipinski definition) is 4. The molecule has 1 saturated carbocycles. The van der Waals surface area contributed by atoms with Crippen molar-refractivity contribution >= 4 is 5.82 Å². The van der Waals surface area contributed by atoms with Crippen molar-refractivity contribution in [2.45, 2.75) is 44.3 Å². The Balaban J connectivity index is 1.76. The zero-order valence-corrected chi connectivity index (χ0v) is 15.2. The van der Waals surface area contributed by atoms with Crippen LogP contribution in [0.5, 0.6) is 0 Å². The molecule has 2 aliphatic rings. The number of aromatic nitrogens is 2. The molecule has 4 rings (SSSR count). The summed E-state index contributed by atoms with van der Waals surface area (Å²) in [6, 6.07) is 9.85. The summed E-state index contributed by atoms with van der Waals surface area (Å²) in [5.74, 6) is 0.226. The second-order valence-electron chi connectivity index (χ2n) is 7.32. The van der Waals surface area contributed by atoms with Gasteiger partial charge < -0.3 is 4.90 Å². The number of nitriles is 1. The molecule has 1 aromatic carbocycles. The zero-order valence-electron chi connectivity index (χ0n) is 15.2. The number of nitrogens with zero attached hydrogens (tertiary/aromatic N) is 4. The van der Waals surface area contributed by atoms with Gasteiger partial charge in [-0.05, 0) is 36.8 Å². The predicted octanol–water partition coefficient (Wildman–Crippen LogP) is 3.16. The second-order valence-corrected chi connectivity index (χ2v) is 7.32. The molecular formula is C20H19F3N4O. The van der Waals surface area contributed by atoms with Crippen molar-refractivity contribution in [3.05, 3.63) is 57.1 Å². The first-order valence-corrected chi connectivity index (χ1v) is 9.30. The van der Waals surface area contributed by atoms with Gasteiger partial charge in [-0.25, -0.2) is 4.98 Å². The Kier molecular flexibility index (Phi) is 4.61. The molecule has 8 heteroatoms. The van der Waals surface area contributed by atoms with Gasteiger partial charge in [0.05, 0.1) is 0 Å². The molecule has 0 saturated heterocycles. The van der Waals surface area contributed by atoms with E-state index < -0.39 is 18.3 Å². The highest BCUT2D eigenvalue weighted by Crippen LogP contribution is 2.40. The summed E-state index contributed by atoms with van der Waals surface area (Å²) in [4.78, 5) is 19.1. The fourth-order valence-electron chi connectivity index (χ4n) is 3.75. The van der Waals surface area contributed by atoms with Crippen LogP contribution in [0.25, 0.3) is 0 Å². The largest absolute Gasteiger partial charge is 0.406 e. The quantitative estimate of drug-likeness (QED) is 0.810. The van der Waals surface area contributed by atoms with Crippen molar-refractivity contribution in [1.29, 1.82) is 5.26 Å². The summed E-state index contributed by atoms with van der Waals surface area (Å²) in [6.45, 7) is -0.290. The van der Waals surface area contributed by atoms with Crippen molar-refractivity contribution in [1.82, 2.24) is 9.55 Å². The van der Waals surface area contributed by atoms with E-state index in [9.17, 15) is 23.2 Å². The van der Waals surface area contributed by atoms with Crippen molar-refractivity contribution in [3.63, 3.8) is 0 Å². The van der Waals surface area contributed by atoms with E-state index in [4.69, 9.17) is 0 Å². The first kappa shape index (κ1) is 18.5. The fraction of sp³-hybridized carbons (Fsp3) is 0.450. The fourth-order valence-corrected chi connectivity index (χ4v) is 3.75. The van der Waals surface area contributed by atoms with Crippen LogP contribution < -0.4 is 10.5 Å². The van der Waals surface area contributed by atoms with Crippen LogP contribution in [0.4, 0.5) is 19.0 Å². The second kappa shape index (κ2) is 6.97. The highest BCUT2D eigenvalue weighted by Gasteiger charge is 2.36. The van der Waals surface area contributed by atoms with E-state index in [0.717, 1.165) is 12.8 Å². The van der Waals surface area contributed by atoms with Gasteiger partial charge in [-0.1, -0.05) is 24.3 Å². The molecule has 2 heterocycles. The highest BCUT2D eigenvalue weighted by atomic mass is 19.4. The van der Waals surface area contributed by atoms with Gasteiger partial charge in [0.15, 0.2) is 11.4 Å². The van der Waals surface area contributed by atoms with Crippen LogP contribution in [0.15, 0.2) is 29.1 Å². The summed E-state index contributed by atoms with van der Waals surface area (Å²) in [7, 11) is 0. The lowest BCUT2D eigenvalue weighted by atomic mass is 10.0. The summed E-state index contributed by atoms with van der Waals surface area (Å²) in [5, 5.41) is 9.53. The number of rotatable bonds is 3. The minimum Gasteiger partial charge on any atom is -0.355 e. The predicted molar refractivity (Wildman–Crippen MR) is 97.3 cm³/mol. The van der Waals surface area contributed by atoms with Crippen molar-refractivity contribution < 1.29 is 13.2 Å². The SMILES string of the molecule is N#Cc1c(N2CCc3ccccc3CC2)nc(C2CC2)n(CC(F)(F)F)c1=O. The maximum atomic E-state index is 13.0. The topological polar surface area (TPSA) is 61.9 Å². The molecule has 1 fully saturated rings. The first-order valence-electron chi connectivity index (χ1n) is 9.30. The Hall–Kier alpha value is -2.82. The number of alkyl halides is 3. The normalized spacial score (nSPS) is 17.0. The molecule has 146 valence electrons. The maximum Gasteiger partial charge on any atom is 0.406 e. The number of benzene rings is 1. The lowest BCUT2D eigenvalue weighted by Crippen LogP contribution is -2.37. The van der Waals surface area contributed by atoms with E-state index in [-0.39, 0.29) is 23.1 Å². The minimum atomic E-state index is -4.55. The first-order chi connectivity index (χ1) is 13.4. The van der Waals surface area contributed by atoms with Gasteiger partial charge in [0.25, 0.3) is 5.56 Å². The van der Waals surface area contributed by atoms with Crippen LogP contribution in [0.3, 0.4) is 0 Å². The summed E-state index contributed by atoms with van der Waals surface area (Å²) >= 11 is 0. The van der Waals surface area contributed by atoms with Gasteiger partial charge in [-0.15, -0.1) is 0 Å². The molecule has 0 amide bonds. The Labute approximate surface area is 160 Å². The Morgan fingerprint density at radius 1 is 1.14 bits per heavy atom. The summed E-state index contributed by atoms with van der Waals surface area (Å²) in [6.07, 6.45) is -1.67. The molecule has 0 N–H and O–H groups in total. The van der Waals surface area contributed by atoms with E-state index in [2.05, 4.69) is 17.1 Å². The molecule has 5 nitrogen and oxygen atoms in total. The minimum absolute atomic E-state index is 0.147.